The smallest absolute Gasteiger partial charge is 0.144 e. The third-order valence-corrected chi connectivity index (χ3v) is 5.31. The summed E-state index contributed by atoms with van der Waals surface area (Å²) in [6.07, 6.45) is 5.66. The summed E-state index contributed by atoms with van der Waals surface area (Å²) in [5.41, 5.74) is -0.0335. The number of carbonyl (C=O) groups excluding carboxylic acids is 1. The molecule has 84 valence electrons. The fraction of sp³-hybridized carbons (Fsp3) is 0.923. The van der Waals surface area contributed by atoms with E-state index in [9.17, 15) is 4.79 Å². The second-order valence-electron chi connectivity index (χ2n) is 5.81. The van der Waals surface area contributed by atoms with E-state index >= 15 is 0 Å². The molecule has 0 aromatic carbocycles. The molecule has 0 aliphatic heterocycles. The van der Waals surface area contributed by atoms with Crippen LogP contribution >= 0.6 is 0 Å². The highest BCUT2D eigenvalue weighted by Gasteiger charge is 2.65. The summed E-state index contributed by atoms with van der Waals surface area (Å²) in [6.45, 7) is 5.00. The molecule has 0 N–H and O–H groups in total. The van der Waals surface area contributed by atoms with Gasteiger partial charge in [-0.25, -0.2) is 0 Å². The van der Waals surface area contributed by atoms with Crippen molar-refractivity contribution < 1.29 is 9.53 Å². The second-order valence-corrected chi connectivity index (χ2v) is 5.81. The first kappa shape index (κ1) is 9.83. The number of hydrogen-bond donors (Lipinski definition) is 0. The van der Waals surface area contributed by atoms with Gasteiger partial charge in [0.1, 0.15) is 5.78 Å². The molecule has 5 fully saturated rings. The van der Waals surface area contributed by atoms with Crippen LogP contribution in [-0.2, 0) is 9.53 Å². The van der Waals surface area contributed by atoms with E-state index in [1.54, 1.807) is 0 Å². The van der Waals surface area contributed by atoms with E-state index in [0.717, 1.165) is 32.3 Å². The Morgan fingerprint density at radius 1 is 1.40 bits per heavy atom. The van der Waals surface area contributed by atoms with Crippen molar-refractivity contribution in [3.05, 3.63) is 0 Å². The van der Waals surface area contributed by atoms with E-state index in [4.69, 9.17) is 4.74 Å². The zero-order chi connectivity index (χ0) is 10.7. The third kappa shape index (κ3) is 1.01. The lowest BCUT2D eigenvalue weighted by molar-refractivity contribution is -0.212. The van der Waals surface area contributed by atoms with Crippen LogP contribution in [-0.4, -0.2) is 18.0 Å². The summed E-state index contributed by atoms with van der Waals surface area (Å²) in [7, 11) is 0. The minimum absolute atomic E-state index is 0.0156. The van der Waals surface area contributed by atoms with Gasteiger partial charge in [-0.15, -0.1) is 0 Å². The monoisotopic (exact) mass is 208 g/mol. The molecule has 0 aromatic rings. The van der Waals surface area contributed by atoms with E-state index in [2.05, 4.69) is 13.8 Å². The minimum Gasteiger partial charge on any atom is -0.375 e. The maximum Gasteiger partial charge on any atom is 0.144 e. The largest absolute Gasteiger partial charge is 0.375 e. The van der Waals surface area contributed by atoms with Crippen LogP contribution in [0.4, 0.5) is 0 Å². The van der Waals surface area contributed by atoms with Crippen LogP contribution in [0.3, 0.4) is 0 Å². The van der Waals surface area contributed by atoms with Gasteiger partial charge in [0.2, 0.25) is 0 Å². The Morgan fingerprint density at radius 2 is 2.20 bits per heavy atom. The maximum absolute atomic E-state index is 12.4. The fourth-order valence-corrected chi connectivity index (χ4v) is 4.40. The molecule has 2 heteroatoms. The summed E-state index contributed by atoms with van der Waals surface area (Å²) in [4.78, 5) is 12.4. The fourth-order valence-electron chi connectivity index (χ4n) is 4.40. The first-order chi connectivity index (χ1) is 7.12. The number of Topliss-reactive ketones (excluding diaryl/α,β-unsaturated/α-hetero) is 1. The number of rotatable bonds is 2. The Morgan fingerprint density at radius 3 is 2.87 bits per heavy atom. The molecular formula is C13H20O2. The molecule has 0 amide bonds. The average molecular weight is 208 g/mol. The van der Waals surface area contributed by atoms with Crippen molar-refractivity contribution in [2.24, 2.45) is 17.3 Å². The summed E-state index contributed by atoms with van der Waals surface area (Å²) < 4.78 is 5.99. The van der Waals surface area contributed by atoms with Crippen LogP contribution in [0, 0.1) is 17.3 Å². The predicted octanol–water partition coefficient (Wildman–Crippen LogP) is 2.56. The molecule has 5 rings (SSSR count). The van der Waals surface area contributed by atoms with Gasteiger partial charge >= 0.3 is 0 Å². The second kappa shape index (κ2) is 2.85. The lowest BCUT2D eigenvalue weighted by atomic mass is 9.44. The van der Waals surface area contributed by atoms with Gasteiger partial charge in [0.05, 0.1) is 5.60 Å². The number of hydrogen-bond acceptors (Lipinski definition) is 2. The van der Waals surface area contributed by atoms with E-state index in [0.29, 0.717) is 11.7 Å². The van der Waals surface area contributed by atoms with Gasteiger partial charge in [0, 0.05) is 17.9 Å². The highest BCUT2D eigenvalue weighted by atomic mass is 16.5. The van der Waals surface area contributed by atoms with E-state index < -0.39 is 0 Å². The molecule has 0 spiro atoms. The lowest BCUT2D eigenvalue weighted by Gasteiger charge is -2.62. The third-order valence-electron chi connectivity index (χ3n) is 5.31. The molecule has 4 unspecified atom stereocenters. The first-order valence-electron chi connectivity index (χ1n) is 6.31. The molecule has 0 aromatic heterocycles. The molecule has 4 bridgehead atoms. The summed E-state index contributed by atoms with van der Waals surface area (Å²) >= 11 is 0. The van der Waals surface area contributed by atoms with Crippen molar-refractivity contribution >= 4 is 5.78 Å². The molecule has 15 heavy (non-hydrogen) atoms. The average Bonchev–Trinajstić information content (AvgIpc) is 2.22. The van der Waals surface area contributed by atoms with Crippen LogP contribution in [0.1, 0.15) is 46.0 Å². The van der Waals surface area contributed by atoms with Gasteiger partial charge < -0.3 is 4.74 Å². The summed E-state index contributed by atoms with van der Waals surface area (Å²) in [5.74, 6) is 1.35. The van der Waals surface area contributed by atoms with Crippen LogP contribution in [0.2, 0.25) is 0 Å². The van der Waals surface area contributed by atoms with Crippen molar-refractivity contribution in [3.63, 3.8) is 0 Å². The number of fused-ring (bicyclic) bond motifs is 2. The molecule has 0 heterocycles. The quantitative estimate of drug-likeness (QED) is 0.697. The van der Waals surface area contributed by atoms with E-state index in [1.165, 1.54) is 6.42 Å². The molecule has 0 radical (unpaired) electrons. The van der Waals surface area contributed by atoms with Crippen LogP contribution in [0.25, 0.3) is 0 Å². The zero-order valence-electron chi connectivity index (χ0n) is 9.71. The molecule has 4 atom stereocenters. The van der Waals surface area contributed by atoms with Crippen molar-refractivity contribution in [2.75, 3.05) is 6.61 Å². The zero-order valence-corrected chi connectivity index (χ0v) is 9.71. The Hall–Kier alpha value is -0.370. The van der Waals surface area contributed by atoms with Crippen molar-refractivity contribution in [2.45, 2.75) is 51.6 Å². The SMILES string of the molecule is CCOC12CCC3(C)C(=O)C1CCC3C2. The first-order valence-corrected chi connectivity index (χ1v) is 6.31. The normalized spacial score (nSPS) is 52.5. The predicted molar refractivity (Wildman–Crippen MR) is 57.5 cm³/mol. The van der Waals surface area contributed by atoms with Gasteiger partial charge in [0.15, 0.2) is 0 Å². The Kier molecular flexibility index (Phi) is 1.87. The van der Waals surface area contributed by atoms with Crippen molar-refractivity contribution in [1.82, 2.24) is 0 Å². The van der Waals surface area contributed by atoms with E-state index in [-0.39, 0.29) is 16.9 Å². The van der Waals surface area contributed by atoms with Gasteiger partial charge in [0.25, 0.3) is 0 Å². The highest BCUT2D eigenvalue weighted by molar-refractivity contribution is 5.91. The van der Waals surface area contributed by atoms with Crippen molar-refractivity contribution in [1.29, 1.82) is 0 Å². The maximum atomic E-state index is 12.4. The number of carbonyl (C=O) groups is 1. The van der Waals surface area contributed by atoms with Gasteiger partial charge in [-0.2, -0.15) is 0 Å². The summed E-state index contributed by atoms with van der Waals surface area (Å²) in [6, 6.07) is 0. The topological polar surface area (TPSA) is 26.3 Å². The van der Waals surface area contributed by atoms with E-state index in [1.807, 2.05) is 0 Å². The molecule has 2 nitrogen and oxygen atoms in total. The molecule has 0 saturated heterocycles. The Bertz CT molecular complexity index is 312. The van der Waals surface area contributed by atoms with Crippen molar-refractivity contribution in [3.8, 4) is 0 Å². The molecule has 5 aliphatic carbocycles. The Balaban J connectivity index is 2.01. The molecule has 5 saturated carbocycles. The van der Waals surface area contributed by atoms with Crippen LogP contribution < -0.4 is 0 Å². The van der Waals surface area contributed by atoms with Gasteiger partial charge in [-0.05, 0) is 44.9 Å². The Labute approximate surface area is 91.4 Å². The van der Waals surface area contributed by atoms with Crippen LogP contribution in [0.5, 0.6) is 0 Å². The van der Waals surface area contributed by atoms with Gasteiger partial charge in [-0.3, -0.25) is 4.79 Å². The van der Waals surface area contributed by atoms with Gasteiger partial charge in [-0.1, -0.05) is 6.92 Å². The standard InChI is InChI=1S/C13H20O2/c1-3-15-13-7-6-12(2)9(8-13)4-5-10(13)11(12)14/h9-10H,3-8H2,1-2H3. The minimum atomic E-state index is -0.0491. The highest BCUT2D eigenvalue weighted by Crippen LogP contribution is 2.63. The number of ether oxygens (including phenoxy) is 1. The number of ketones is 1. The summed E-state index contributed by atoms with van der Waals surface area (Å²) in [5, 5.41) is 0. The molecule has 5 aliphatic rings. The van der Waals surface area contributed by atoms with Crippen LogP contribution in [0.15, 0.2) is 0 Å². The lowest BCUT2D eigenvalue weighted by Crippen LogP contribution is -2.66. The molecular weight excluding hydrogens is 188 g/mol.